The summed E-state index contributed by atoms with van der Waals surface area (Å²) in [6, 6.07) is 10.7. The number of amides is 1. The van der Waals surface area contributed by atoms with Gasteiger partial charge in [-0.1, -0.05) is 27.5 Å². The Hall–Kier alpha value is -1.52. The number of carbonyl (C=O) groups excluding carboxylic acids is 1. The Kier molecular flexibility index (Phi) is 5.26. The van der Waals surface area contributed by atoms with Crippen LogP contribution in [0, 0.1) is 13.8 Å². The van der Waals surface area contributed by atoms with E-state index in [9.17, 15) is 4.79 Å². The van der Waals surface area contributed by atoms with Gasteiger partial charge in [-0.25, -0.2) is 0 Å². The highest BCUT2D eigenvalue weighted by Gasteiger charge is 2.07. The maximum absolute atomic E-state index is 11.9. The number of hydrogen-bond donors (Lipinski definition) is 1. The molecule has 2 rings (SSSR count). The molecule has 2 aromatic carbocycles. The zero-order valence-corrected chi connectivity index (χ0v) is 14.1. The minimum absolute atomic E-state index is 0.0458. The standard InChI is InChI=1S/C16H15BrClNO2/c1-10-7-13(8-11(2)16(10)17)19-15(20)9-21-14-5-3-12(18)4-6-14/h3-8H,9H2,1-2H3,(H,19,20). The number of ether oxygens (including phenoxy) is 1. The Balaban J connectivity index is 1.94. The van der Waals surface area contributed by atoms with Crippen molar-refractivity contribution >= 4 is 39.1 Å². The van der Waals surface area contributed by atoms with Crippen LogP contribution in [0.2, 0.25) is 5.02 Å². The average molecular weight is 369 g/mol. The summed E-state index contributed by atoms with van der Waals surface area (Å²) in [6.45, 7) is 3.92. The van der Waals surface area contributed by atoms with Gasteiger partial charge in [0.1, 0.15) is 5.75 Å². The van der Waals surface area contributed by atoms with E-state index in [0.29, 0.717) is 10.8 Å². The van der Waals surface area contributed by atoms with Crippen LogP contribution in [0.15, 0.2) is 40.9 Å². The molecule has 0 bridgehead atoms. The van der Waals surface area contributed by atoms with Crippen LogP contribution in [-0.4, -0.2) is 12.5 Å². The van der Waals surface area contributed by atoms with E-state index in [1.165, 1.54) is 0 Å². The summed E-state index contributed by atoms with van der Waals surface area (Å²) < 4.78 is 6.45. The first-order valence-corrected chi connectivity index (χ1v) is 7.58. The Morgan fingerprint density at radius 3 is 2.33 bits per heavy atom. The van der Waals surface area contributed by atoms with Gasteiger partial charge < -0.3 is 10.1 Å². The summed E-state index contributed by atoms with van der Waals surface area (Å²) in [5.74, 6) is 0.406. The molecule has 0 spiro atoms. The Morgan fingerprint density at radius 1 is 1.19 bits per heavy atom. The molecule has 0 atom stereocenters. The second kappa shape index (κ2) is 6.96. The van der Waals surface area contributed by atoms with Crippen LogP contribution in [0.4, 0.5) is 5.69 Å². The van der Waals surface area contributed by atoms with Crippen molar-refractivity contribution in [2.24, 2.45) is 0 Å². The molecule has 110 valence electrons. The van der Waals surface area contributed by atoms with E-state index in [-0.39, 0.29) is 12.5 Å². The van der Waals surface area contributed by atoms with E-state index in [1.54, 1.807) is 24.3 Å². The van der Waals surface area contributed by atoms with E-state index in [0.717, 1.165) is 21.3 Å². The quantitative estimate of drug-likeness (QED) is 0.846. The lowest BCUT2D eigenvalue weighted by Crippen LogP contribution is -2.20. The zero-order valence-electron chi connectivity index (χ0n) is 11.7. The molecule has 21 heavy (non-hydrogen) atoms. The molecule has 0 saturated carbocycles. The summed E-state index contributed by atoms with van der Waals surface area (Å²) in [5.41, 5.74) is 2.91. The Morgan fingerprint density at radius 2 is 1.76 bits per heavy atom. The Labute approximate surface area is 137 Å². The molecule has 0 radical (unpaired) electrons. The Bertz CT molecular complexity index is 633. The van der Waals surface area contributed by atoms with Gasteiger partial charge in [0, 0.05) is 15.2 Å². The number of benzene rings is 2. The molecular formula is C16H15BrClNO2. The highest BCUT2D eigenvalue weighted by atomic mass is 79.9. The van der Waals surface area contributed by atoms with Gasteiger partial charge in [0.2, 0.25) is 0 Å². The molecule has 5 heteroatoms. The van der Waals surface area contributed by atoms with Crippen LogP contribution in [0.5, 0.6) is 5.75 Å². The third-order valence-corrected chi connectivity index (χ3v) is 4.41. The molecule has 1 amide bonds. The van der Waals surface area contributed by atoms with Gasteiger partial charge in [-0.15, -0.1) is 0 Å². The molecular weight excluding hydrogens is 354 g/mol. The topological polar surface area (TPSA) is 38.3 Å². The molecule has 0 fully saturated rings. The smallest absolute Gasteiger partial charge is 0.262 e. The number of nitrogens with one attached hydrogen (secondary N) is 1. The van der Waals surface area contributed by atoms with Crippen LogP contribution >= 0.6 is 27.5 Å². The number of aryl methyl sites for hydroxylation is 2. The first kappa shape index (κ1) is 15.9. The molecule has 3 nitrogen and oxygen atoms in total. The van der Waals surface area contributed by atoms with Crippen LogP contribution in [0.25, 0.3) is 0 Å². The normalized spacial score (nSPS) is 10.3. The van der Waals surface area contributed by atoms with Crippen molar-refractivity contribution in [3.05, 3.63) is 57.0 Å². The monoisotopic (exact) mass is 367 g/mol. The van der Waals surface area contributed by atoms with E-state index in [2.05, 4.69) is 21.2 Å². The van der Waals surface area contributed by atoms with E-state index in [1.807, 2.05) is 26.0 Å². The maximum atomic E-state index is 11.9. The van der Waals surface area contributed by atoms with E-state index >= 15 is 0 Å². The van der Waals surface area contributed by atoms with Gasteiger partial charge in [0.15, 0.2) is 6.61 Å². The van der Waals surface area contributed by atoms with Gasteiger partial charge in [-0.05, 0) is 61.4 Å². The summed E-state index contributed by atoms with van der Waals surface area (Å²) in [5, 5.41) is 3.45. The average Bonchev–Trinajstić information content (AvgIpc) is 2.44. The van der Waals surface area contributed by atoms with Crippen LogP contribution in [-0.2, 0) is 4.79 Å². The van der Waals surface area contributed by atoms with E-state index in [4.69, 9.17) is 16.3 Å². The number of halogens is 2. The fourth-order valence-corrected chi connectivity index (χ4v) is 2.25. The van der Waals surface area contributed by atoms with Crippen molar-refractivity contribution < 1.29 is 9.53 Å². The summed E-state index contributed by atoms with van der Waals surface area (Å²) in [4.78, 5) is 11.9. The number of rotatable bonds is 4. The lowest BCUT2D eigenvalue weighted by atomic mass is 10.1. The summed E-state index contributed by atoms with van der Waals surface area (Å²) >= 11 is 9.28. The molecule has 2 aromatic rings. The van der Waals surface area contributed by atoms with Crippen LogP contribution < -0.4 is 10.1 Å². The fraction of sp³-hybridized carbons (Fsp3) is 0.188. The largest absolute Gasteiger partial charge is 0.484 e. The third-order valence-electron chi connectivity index (χ3n) is 2.90. The highest BCUT2D eigenvalue weighted by molar-refractivity contribution is 9.10. The first-order chi connectivity index (χ1) is 9.95. The van der Waals surface area contributed by atoms with Gasteiger partial charge in [-0.2, -0.15) is 0 Å². The highest BCUT2D eigenvalue weighted by Crippen LogP contribution is 2.25. The summed E-state index contributed by atoms with van der Waals surface area (Å²) in [7, 11) is 0. The van der Waals surface area contributed by atoms with Gasteiger partial charge in [0.25, 0.3) is 5.91 Å². The van der Waals surface area contributed by atoms with Crippen LogP contribution in [0.3, 0.4) is 0 Å². The lowest BCUT2D eigenvalue weighted by molar-refractivity contribution is -0.118. The van der Waals surface area contributed by atoms with Crippen molar-refractivity contribution in [3.8, 4) is 5.75 Å². The SMILES string of the molecule is Cc1cc(NC(=O)COc2ccc(Cl)cc2)cc(C)c1Br. The van der Waals surface area contributed by atoms with Crippen LogP contribution in [0.1, 0.15) is 11.1 Å². The minimum atomic E-state index is -0.203. The second-order valence-corrected chi connectivity index (χ2v) is 5.94. The van der Waals surface area contributed by atoms with Crippen molar-refractivity contribution in [1.29, 1.82) is 0 Å². The lowest BCUT2D eigenvalue weighted by Gasteiger charge is -2.10. The molecule has 0 heterocycles. The first-order valence-electron chi connectivity index (χ1n) is 6.40. The maximum Gasteiger partial charge on any atom is 0.262 e. The molecule has 0 aromatic heterocycles. The molecule has 0 aliphatic rings. The van der Waals surface area contributed by atoms with Gasteiger partial charge in [-0.3, -0.25) is 4.79 Å². The predicted octanol–water partition coefficient (Wildman–Crippen LogP) is 4.74. The summed E-state index contributed by atoms with van der Waals surface area (Å²) in [6.07, 6.45) is 0. The third kappa shape index (κ3) is 4.48. The molecule has 1 N–H and O–H groups in total. The molecule has 0 aliphatic heterocycles. The van der Waals surface area contributed by atoms with E-state index < -0.39 is 0 Å². The number of anilines is 1. The van der Waals surface area contributed by atoms with Crippen molar-refractivity contribution in [2.75, 3.05) is 11.9 Å². The minimum Gasteiger partial charge on any atom is -0.484 e. The zero-order chi connectivity index (χ0) is 15.4. The number of carbonyl (C=O) groups is 1. The number of hydrogen-bond acceptors (Lipinski definition) is 2. The fourth-order valence-electron chi connectivity index (χ4n) is 1.89. The van der Waals surface area contributed by atoms with Crippen molar-refractivity contribution in [1.82, 2.24) is 0 Å². The van der Waals surface area contributed by atoms with Gasteiger partial charge in [0.05, 0.1) is 0 Å². The predicted molar refractivity (Wildman–Crippen MR) is 89.2 cm³/mol. The van der Waals surface area contributed by atoms with Crippen molar-refractivity contribution in [3.63, 3.8) is 0 Å². The molecule has 0 saturated heterocycles. The van der Waals surface area contributed by atoms with Gasteiger partial charge >= 0.3 is 0 Å². The second-order valence-electron chi connectivity index (χ2n) is 4.71. The van der Waals surface area contributed by atoms with Crippen molar-refractivity contribution in [2.45, 2.75) is 13.8 Å². The molecule has 0 aliphatic carbocycles. The molecule has 0 unspecified atom stereocenters.